The van der Waals surface area contributed by atoms with E-state index in [1.165, 1.54) is 17.7 Å². The van der Waals surface area contributed by atoms with E-state index in [1.54, 1.807) is 7.11 Å². The lowest BCUT2D eigenvalue weighted by Gasteiger charge is -2.34. The van der Waals surface area contributed by atoms with E-state index in [1.807, 2.05) is 6.07 Å². The number of fused-ring (bicyclic) bond motifs is 2. The highest BCUT2D eigenvalue weighted by atomic mass is 16.5. The molecular formula is C13H18N2O. The van der Waals surface area contributed by atoms with Crippen molar-refractivity contribution in [3.8, 4) is 5.75 Å². The fourth-order valence-electron chi connectivity index (χ4n) is 2.93. The first-order valence-electron chi connectivity index (χ1n) is 5.82. The van der Waals surface area contributed by atoms with Gasteiger partial charge < -0.3 is 15.4 Å². The second-order valence-electron chi connectivity index (χ2n) is 5.02. The van der Waals surface area contributed by atoms with Gasteiger partial charge in [0, 0.05) is 30.7 Å². The number of hydrogen-bond donors (Lipinski definition) is 1. The van der Waals surface area contributed by atoms with Gasteiger partial charge in [0.25, 0.3) is 0 Å². The molecule has 2 N–H and O–H groups in total. The first kappa shape index (κ1) is 9.97. The highest BCUT2D eigenvalue weighted by Gasteiger charge is 2.55. The van der Waals surface area contributed by atoms with Crippen LogP contribution < -0.4 is 15.4 Å². The maximum atomic E-state index is 6.12. The molecule has 1 heterocycles. The van der Waals surface area contributed by atoms with Crippen molar-refractivity contribution in [2.24, 2.45) is 5.73 Å². The third kappa shape index (κ3) is 1.18. The quantitative estimate of drug-likeness (QED) is 0.776. The van der Waals surface area contributed by atoms with Crippen LogP contribution in [0, 0.1) is 0 Å². The number of anilines is 1. The summed E-state index contributed by atoms with van der Waals surface area (Å²) in [7, 11) is 3.86. The Labute approximate surface area is 96.2 Å². The Morgan fingerprint density at radius 2 is 2.25 bits per heavy atom. The number of ether oxygens (including phenoxy) is 1. The van der Waals surface area contributed by atoms with Gasteiger partial charge in [-0.1, -0.05) is 0 Å². The molecule has 0 saturated heterocycles. The van der Waals surface area contributed by atoms with Crippen molar-refractivity contribution in [1.82, 2.24) is 0 Å². The van der Waals surface area contributed by atoms with E-state index in [9.17, 15) is 0 Å². The smallest absolute Gasteiger partial charge is 0.119 e. The molecule has 0 bridgehead atoms. The van der Waals surface area contributed by atoms with Gasteiger partial charge >= 0.3 is 0 Å². The minimum absolute atomic E-state index is 0.246. The normalized spacial score (nSPS) is 31.4. The second kappa shape index (κ2) is 3.14. The van der Waals surface area contributed by atoms with Crippen molar-refractivity contribution < 1.29 is 4.74 Å². The van der Waals surface area contributed by atoms with Gasteiger partial charge in [0.2, 0.25) is 0 Å². The van der Waals surface area contributed by atoms with Gasteiger partial charge in [0.15, 0.2) is 0 Å². The first-order chi connectivity index (χ1) is 7.67. The molecule has 0 amide bonds. The number of methoxy groups -OCH3 is 1. The summed E-state index contributed by atoms with van der Waals surface area (Å²) in [5.41, 5.74) is 9.07. The zero-order valence-corrected chi connectivity index (χ0v) is 9.86. The van der Waals surface area contributed by atoms with E-state index >= 15 is 0 Å². The summed E-state index contributed by atoms with van der Waals surface area (Å²) in [5, 5.41) is 0. The molecule has 1 spiro atoms. The van der Waals surface area contributed by atoms with Crippen molar-refractivity contribution in [1.29, 1.82) is 0 Å². The Morgan fingerprint density at radius 1 is 1.50 bits per heavy atom. The largest absolute Gasteiger partial charge is 0.497 e. The number of rotatable bonds is 1. The zero-order chi connectivity index (χ0) is 11.3. The van der Waals surface area contributed by atoms with Crippen LogP contribution >= 0.6 is 0 Å². The standard InChI is InChI=1S/C13H18N2O/c1-15-6-5-13(8-12(13)14)10-7-9(16-2)3-4-11(10)15/h3-4,7,12H,5-6,8,14H2,1-2H3. The van der Waals surface area contributed by atoms with E-state index in [0.29, 0.717) is 6.04 Å². The average molecular weight is 218 g/mol. The first-order valence-corrected chi connectivity index (χ1v) is 5.82. The SMILES string of the molecule is COc1ccc2c(c1)C1(CCN2C)CC1N. The van der Waals surface area contributed by atoms with Gasteiger partial charge in [-0.25, -0.2) is 0 Å². The van der Waals surface area contributed by atoms with Crippen LogP contribution in [0.3, 0.4) is 0 Å². The average Bonchev–Trinajstić information content (AvgIpc) is 2.96. The molecule has 2 aliphatic rings. The van der Waals surface area contributed by atoms with Crippen LogP contribution in [-0.4, -0.2) is 26.7 Å². The van der Waals surface area contributed by atoms with Gasteiger partial charge in [-0.05, 0) is 36.6 Å². The lowest BCUT2D eigenvalue weighted by atomic mass is 9.86. The highest BCUT2D eigenvalue weighted by Crippen LogP contribution is 2.55. The zero-order valence-electron chi connectivity index (χ0n) is 9.86. The molecule has 1 aromatic rings. The van der Waals surface area contributed by atoms with E-state index in [0.717, 1.165) is 18.7 Å². The van der Waals surface area contributed by atoms with Crippen molar-refractivity contribution in [3.63, 3.8) is 0 Å². The molecule has 0 aromatic heterocycles. The number of hydrogen-bond acceptors (Lipinski definition) is 3. The predicted octanol–water partition coefficient (Wildman–Crippen LogP) is 1.50. The van der Waals surface area contributed by atoms with Crippen molar-refractivity contribution >= 4 is 5.69 Å². The van der Waals surface area contributed by atoms with Crippen LogP contribution in [0.15, 0.2) is 18.2 Å². The Morgan fingerprint density at radius 3 is 2.88 bits per heavy atom. The Balaban J connectivity index is 2.12. The lowest BCUT2D eigenvalue weighted by Crippen LogP contribution is -2.33. The third-order valence-corrected chi connectivity index (χ3v) is 4.18. The molecule has 3 rings (SSSR count). The topological polar surface area (TPSA) is 38.5 Å². The molecule has 1 aliphatic heterocycles. The molecule has 1 fully saturated rings. The monoisotopic (exact) mass is 218 g/mol. The summed E-state index contributed by atoms with van der Waals surface area (Å²) in [6.07, 6.45) is 2.30. The van der Waals surface area contributed by atoms with E-state index in [2.05, 4.69) is 24.1 Å². The van der Waals surface area contributed by atoms with Gasteiger partial charge in [0.05, 0.1) is 7.11 Å². The molecule has 3 nitrogen and oxygen atoms in total. The number of benzene rings is 1. The predicted molar refractivity (Wildman–Crippen MR) is 65.2 cm³/mol. The molecule has 1 saturated carbocycles. The minimum Gasteiger partial charge on any atom is -0.497 e. The van der Waals surface area contributed by atoms with E-state index < -0.39 is 0 Å². The summed E-state index contributed by atoms with van der Waals surface area (Å²) in [6, 6.07) is 6.69. The van der Waals surface area contributed by atoms with E-state index in [4.69, 9.17) is 10.5 Å². The Bertz CT molecular complexity index is 432. The highest BCUT2D eigenvalue weighted by molar-refractivity contribution is 5.63. The molecule has 2 unspecified atom stereocenters. The molecule has 16 heavy (non-hydrogen) atoms. The van der Waals surface area contributed by atoms with Gasteiger partial charge in [-0.3, -0.25) is 0 Å². The maximum Gasteiger partial charge on any atom is 0.119 e. The van der Waals surface area contributed by atoms with Gasteiger partial charge in [-0.15, -0.1) is 0 Å². The number of nitrogens with two attached hydrogens (primary N) is 1. The molecule has 2 atom stereocenters. The molecule has 1 aromatic carbocycles. The van der Waals surface area contributed by atoms with Crippen LogP contribution in [0.5, 0.6) is 5.75 Å². The van der Waals surface area contributed by atoms with E-state index in [-0.39, 0.29) is 5.41 Å². The molecular weight excluding hydrogens is 200 g/mol. The Kier molecular flexibility index (Phi) is 1.96. The molecule has 1 aliphatic carbocycles. The van der Waals surface area contributed by atoms with Crippen molar-refractivity contribution in [2.75, 3.05) is 25.6 Å². The number of nitrogens with zero attached hydrogens (tertiary/aromatic N) is 1. The summed E-state index contributed by atoms with van der Waals surface area (Å²) in [5.74, 6) is 0.938. The molecule has 3 heteroatoms. The summed E-state index contributed by atoms with van der Waals surface area (Å²) < 4.78 is 5.31. The van der Waals surface area contributed by atoms with Crippen molar-refractivity contribution in [2.45, 2.75) is 24.3 Å². The van der Waals surface area contributed by atoms with Crippen LogP contribution in [0.25, 0.3) is 0 Å². The summed E-state index contributed by atoms with van der Waals surface area (Å²) >= 11 is 0. The van der Waals surface area contributed by atoms with Gasteiger partial charge in [-0.2, -0.15) is 0 Å². The Hall–Kier alpha value is -1.22. The summed E-state index contributed by atoms with van der Waals surface area (Å²) in [6.45, 7) is 1.10. The fourth-order valence-corrected chi connectivity index (χ4v) is 2.93. The van der Waals surface area contributed by atoms with Crippen LogP contribution in [0.1, 0.15) is 18.4 Å². The van der Waals surface area contributed by atoms with Crippen LogP contribution in [-0.2, 0) is 5.41 Å². The maximum absolute atomic E-state index is 6.12. The fraction of sp³-hybridized carbons (Fsp3) is 0.538. The molecule has 86 valence electrons. The minimum atomic E-state index is 0.246. The van der Waals surface area contributed by atoms with Crippen LogP contribution in [0.2, 0.25) is 0 Å². The van der Waals surface area contributed by atoms with Gasteiger partial charge in [0.1, 0.15) is 5.75 Å². The molecule has 0 radical (unpaired) electrons. The van der Waals surface area contributed by atoms with Crippen LogP contribution in [0.4, 0.5) is 5.69 Å². The summed E-state index contributed by atoms with van der Waals surface area (Å²) in [4.78, 5) is 2.31. The third-order valence-electron chi connectivity index (χ3n) is 4.18. The second-order valence-corrected chi connectivity index (χ2v) is 5.02. The van der Waals surface area contributed by atoms with Crippen molar-refractivity contribution in [3.05, 3.63) is 23.8 Å². The lowest BCUT2D eigenvalue weighted by molar-refractivity contribution is 0.412.